The Bertz CT molecular complexity index is 906. The normalized spacial score (nSPS) is 11.6. The van der Waals surface area contributed by atoms with Crippen LogP contribution in [0.1, 0.15) is 44.7 Å². The van der Waals surface area contributed by atoms with E-state index in [-0.39, 0.29) is 35.5 Å². The molecule has 2 rings (SSSR count). The maximum atomic E-state index is 12.7. The van der Waals surface area contributed by atoms with Crippen LogP contribution in [0.5, 0.6) is 11.5 Å². The fourth-order valence-electron chi connectivity index (χ4n) is 2.80. The molecule has 7 heteroatoms. The van der Waals surface area contributed by atoms with E-state index in [4.69, 9.17) is 13.8 Å². The van der Waals surface area contributed by atoms with Crippen molar-refractivity contribution in [2.24, 2.45) is 0 Å². The van der Waals surface area contributed by atoms with Gasteiger partial charge in [-0.3, -0.25) is 4.57 Å². The number of allylic oxidation sites excluding steroid dienone is 1. The molecule has 30 heavy (non-hydrogen) atoms. The molecule has 0 bridgehead atoms. The summed E-state index contributed by atoms with van der Waals surface area (Å²) in [6.45, 7) is 6.03. The van der Waals surface area contributed by atoms with E-state index in [0.717, 1.165) is 29.9 Å². The lowest BCUT2D eigenvalue weighted by atomic mass is 10.1. The second-order valence-corrected chi connectivity index (χ2v) is 9.49. The molecular formula is C23H29O5PS. The number of aryl methyl sites for hydroxylation is 1. The molecule has 0 N–H and O–H groups in total. The number of rotatable bonds is 12. The third-order valence-corrected chi connectivity index (χ3v) is 7.42. The maximum Gasteiger partial charge on any atom is 0.370 e. The van der Waals surface area contributed by atoms with Gasteiger partial charge in [-0.2, -0.15) is 0 Å². The van der Waals surface area contributed by atoms with Crippen LogP contribution in [0.2, 0.25) is 0 Å². The van der Waals surface area contributed by atoms with Crippen LogP contribution in [0.15, 0.2) is 54.6 Å². The Morgan fingerprint density at radius 1 is 0.933 bits per heavy atom. The van der Waals surface area contributed by atoms with E-state index < -0.39 is 7.60 Å². The highest BCUT2D eigenvalue weighted by atomic mass is 32.1. The van der Waals surface area contributed by atoms with Crippen molar-refractivity contribution in [3.8, 4) is 11.5 Å². The van der Waals surface area contributed by atoms with Crippen molar-refractivity contribution in [2.45, 2.75) is 40.0 Å². The average Bonchev–Trinajstić information content (AvgIpc) is 2.74. The lowest BCUT2D eigenvalue weighted by Crippen LogP contribution is -2.06. The van der Waals surface area contributed by atoms with E-state index in [0.29, 0.717) is 0 Å². The summed E-state index contributed by atoms with van der Waals surface area (Å²) >= 11 is 0.182. The fraction of sp³-hybridized carbons (Fsp3) is 0.348. The third kappa shape index (κ3) is 7.37. The Kier molecular flexibility index (Phi) is 10.2. The summed E-state index contributed by atoms with van der Waals surface area (Å²) in [6, 6.07) is 15.7. The molecule has 0 saturated heterocycles. The highest BCUT2D eigenvalue weighted by molar-refractivity contribution is 7.91. The molecule has 0 spiro atoms. The van der Waals surface area contributed by atoms with Gasteiger partial charge in [-0.1, -0.05) is 49.8 Å². The monoisotopic (exact) mass is 448 g/mol. The van der Waals surface area contributed by atoms with E-state index >= 15 is 0 Å². The number of hydrogen-bond acceptors (Lipinski definition) is 5. The van der Waals surface area contributed by atoms with Crippen molar-refractivity contribution >= 4 is 29.5 Å². The van der Waals surface area contributed by atoms with Crippen molar-refractivity contribution in [2.75, 3.05) is 13.2 Å². The topological polar surface area (TPSA) is 61.8 Å². The molecule has 0 aliphatic carbocycles. The predicted octanol–water partition coefficient (Wildman–Crippen LogP) is 6.44. The lowest BCUT2D eigenvalue weighted by molar-refractivity contribution is 0.232. The zero-order valence-corrected chi connectivity index (χ0v) is 19.4. The Morgan fingerprint density at radius 2 is 1.50 bits per heavy atom. The number of ether oxygens (including phenoxy) is 1. The summed E-state index contributed by atoms with van der Waals surface area (Å²) in [5, 5.41) is 0. The Labute approximate surface area is 182 Å². The van der Waals surface area contributed by atoms with Crippen molar-refractivity contribution in [1.82, 2.24) is 0 Å². The van der Waals surface area contributed by atoms with E-state index in [9.17, 15) is 8.77 Å². The van der Waals surface area contributed by atoms with E-state index in [2.05, 4.69) is 19.1 Å². The van der Waals surface area contributed by atoms with E-state index in [1.807, 2.05) is 42.5 Å². The molecule has 0 aliphatic rings. The molecule has 0 heterocycles. The molecule has 162 valence electrons. The first kappa shape index (κ1) is 24.3. The molecule has 0 aliphatic heterocycles. The first-order chi connectivity index (χ1) is 14.5. The quantitative estimate of drug-likeness (QED) is 0.276. The van der Waals surface area contributed by atoms with Gasteiger partial charge in [0.2, 0.25) is 0 Å². The van der Waals surface area contributed by atoms with Gasteiger partial charge in [-0.05, 0) is 55.7 Å². The molecule has 0 radical (unpaired) electrons. The SMILES string of the molecule is CCCc1ccc(Oc2ccc(/C=C/CC(=S=O)P(=O)(OCC)OCC)cc2)cc1. The van der Waals surface area contributed by atoms with Crippen LogP contribution in [0.4, 0.5) is 0 Å². The van der Waals surface area contributed by atoms with Crippen molar-refractivity contribution in [3.05, 3.63) is 65.7 Å². The summed E-state index contributed by atoms with van der Waals surface area (Å²) in [6.07, 6.45) is 6.05. The fourth-order valence-corrected chi connectivity index (χ4v) is 5.02. The molecule has 2 aromatic carbocycles. The molecule has 0 fully saturated rings. The smallest absolute Gasteiger partial charge is 0.370 e. The van der Waals surface area contributed by atoms with Crippen LogP contribution in [0.25, 0.3) is 6.08 Å². The Hall–Kier alpha value is -1.98. The molecule has 0 amide bonds. The van der Waals surface area contributed by atoms with Gasteiger partial charge in [0.1, 0.15) is 27.4 Å². The van der Waals surface area contributed by atoms with Gasteiger partial charge < -0.3 is 13.8 Å². The molecule has 0 aromatic heterocycles. The molecule has 0 atom stereocenters. The summed E-state index contributed by atoms with van der Waals surface area (Å²) in [5.41, 5.74) is 2.24. The van der Waals surface area contributed by atoms with Crippen molar-refractivity contribution < 1.29 is 22.6 Å². The minimum atomic E-state index is -3.51. The van der Waals surface area contributed by atoms with Crippen LogP contribution in [0, 0.1) is 0 Å². The van der Waals surface area contributed by atoms with Crippen molar-refractivity contribution in [3.63, 3.8) is 0 Å². The standard InChI is InChI=1S/C23H29O5PS/c1-4-8-19-11-15-21(16-12-19)28-22-17-13-20(14-18-22)9-7-10-23(30-25)29(24,26-5-2)27-6-3/h7,9,11-18H,4-6,8,10H2,1-3H3/b9-7+. The van der Waals surface area contributed by atoms with Crippen molar-refractivity contribution in [1.29, 1.82) is 0 Å². The maximum absolute atomic E-state index is 12.7. The molecule has 0 unspecified atom stereocenters. The Morgan fingerprint density at radius 3 is 2.00 bits per heavy atom. The second kappa shape index (κ2) is 12.7. The van der Waals surface area contributed by atoms with E-state index in [1.54, 1.807) is 19.9 Å². The first-order valence-corrected chi connectivity index (χ1v) is 12.4. The van der Waals surface area contributed by atoms with E-state index in [1.165, 1.54) is 5.56 Å². The van der Waals surface area contributed by atoms with Crippen LogP contribution in [-0.4, -0.2) is 22.0 Å². The van der Waals surface area contributed by atoms with Gasteiger partial charge in [0.25, 0.3) is 0 Å². The van der Waals surface area contributed by atoms with Gasteiger partial charge in [-0.15, -0.1) is 0 Å². The summed E-state index contributed by atoms with van der Waals surface area (Å²) in [7, 11) is -3.51. The third-order valence-electron chi connectivity index (χ3n) is 4.18. The minimum Gasteiger partial charge on any atom is -0.457 e. The van der Waals surface area contributed by atoms with Gasteiger partial charge in [0.05, 0.1) is 13.2 Å². The van der Waals surface area contributed by atoms with Gasteiger partial charge in [-0.25, -0.2) is 4.21 Å². The number of hydrogen-bond donors (Lipinski definition) is 0. The zero-order valence-electron chi connectivity index (χ0n) is 17.7. The van der Waals surface area contributed by atoms with Crippen LogP contribution >= 0.6 is 7.60 Å². The number of benzene rings is 2. The van der Waals surface area contributed by atoms with Gasteiger partial charge >= 0.3 is 7.60 Å². The average molecular weight is 449 g/mol. The molecule has 0 saturated carbocycles. The van der Waals surface area contributed by atoms with Gasteiger partial charge in [0, 0.05) is 6.42 Å². The molecule has 2 aromatic rings. The first-order valence-electron chi connectivity index (χ1n) is 10.1. The minimum absolute atomic E-state index is 0.161. The molecule has 5 nitrogen and oxygen atoms in total. The lowest BCUT2D eigenvalue weighted by Gasteiger charge is -2.16. The summed E-state index contributed by atoms with van der Waals surface area (Å²) in [5.74, 6) is 1.54. The van der Waals surface area contributed by atoms with Crippen LogP contribution in [0.3, 0.4) is 0 Å². The summed E-state index contributed by atoms with van der Waals surface area (Å²) in [4.78, 5) is 0. The van der Waals surface area contributed by atoms with Crippen LogP contribution in [-0.2, 0) is 31.3 Å². The highest BCUT2D eigenvalue weighted by Gasteiger charge is 2.30. The highest BCUT2D eigenvalue weighted by Crippen LogP contribution is 2.50. The Balaban J connectivity index is 1.98. The van der Waals surface area contributed by atoms with Crippen LogP contribution < -0.4 is 4.74 Å². The second-order valence-electron chi connectivity index (χ2n) is 6.48. The molecular weight excluding hydrogens is 419 g/mol. The summed E-state index contributed by atoms with van der Waals surface area (Å²) < 4.78 is 40.7. The predicted molar refractivity (Wildman–Crippen MR) is 125 cm³/mol. The van der Waals surface area contributed by atoms with Gasteiger partial charge in [0.15, 0.2) is 0 Å². The zero-order chi connectivity index (χ0) is 21.8. The largest absolute Gasteiger partial charge is 0.457 e.